The summed E-state index contributed by atoms with van der Waals surface area (Å²) in [5.41, 5.74) is 4.34. The van der Waals surface area contributed by atoms with Gasteiger partial charge in [0.2, 0.25) is 0 Å². The molecule has 4 rings (SSSR count). The molecule has 0 N–H and O–H groups in total. The maximum atomic E-state index is 13.7. The zero-order chi connectivity index (χ0) is 24.6. The van der Waals surface area contributed by atoms with E-state index >= 15 is 0 Å². The van der Waals surface area contributed by atoms with E-state index < -0.39 is 12.0 Å². The molecule has 1 aromatic carbocycles. The molecular formula is C25H29N5O3S. The quantitative estimate of drug-likeness (QED) is 0.507. The summed E-state index contributed by atoms with van der Waals surface area (Å²) >= 11 is 1.32. The van der Waals surface area contributed by atoms with E-state index in [0.29, 0.717) is 20.6 Å². The Hall–Kier alpha value is -3.46. The SMILES string of the molecule is CCOC(=O)C1=C(C)N=c2sc(=Cc3cn(CC)nc3C)c(=O)n2[C@H]1c1ccc(N(C)C)cc1. The highest BCUT2D eigenvalue weighted by Gasteiger charge is 2.33. The summed E-state index contributed by atoms with van der Waals surface area (Å²) in [7, 11) is 3.93. The lowest BCUT2D eigenvalue weighted by Crippen LogP contribution is -2.40. The topological polar surface area (TPSA) is 81.7 Å². The number of aryl methyl sites for hydroxylation is 2. The fraction of sp³-hybridized carbons (Fsp3) is 0.360. The first-order valence-corrected chi connectivity index (χ1v) is 12.1. The van der Waals surface area contributed by atoms with Crippen molar-refractivity contribution in [1.82, 2.24) is 14.3 Å². The van der Waals surface area contributed by atoms with Gasteiger partial charge in [-0.15, -0.1) is 0 Å². The number of rotatable bonds is 6. The predicted octanol–water partition coefficient (Wildman–Crippen LogP) is 2.39. The molecule has 0 bridgehead atoms. The maximum Gasteiger partial charge on any atom is 0.338 e. The van der Waals surface area contributed by atoms with Crippen molar-refractivity contribution in [3.8, 4) is 0 Å². The third-order valence-electron chi connectivity index (χ3n) is 5.84. The van der Waals surface area contributed by atoms with Crippen molar-refractivity contribution < 1.29 is 9.53 Å². The Morgan fingerprint density at radius 1 is 1.21 bits per heavy atom. The minimum Gasteiger partial charge on any atom is -0.463 e. The largest absolute Gasteiger partial charge is 0.463 e. The Labute approximate surface area is 202 Å². The zero-order valence-electron chi connectivity index (χ0n) is 20.3. The van der Waals surface area contributed by atoms with Gasteiger partial charge in [-0.05, 0) is 51.5 Å². The van der Waals surface area contributed by atoms with Crippen LogP contribution in [0, 0.1) is 6.92 Å². The molecule has 178 valence electrons. The summed E-state index contributed by atoms with van der Waals surface area (Å²) < 4.78 is 9.36. The first kappa shape index (κ1) is 23.7. The molecular weight excluding hydrogens is 450 g/mol. The Balaban J connectivity index is 1.93. The van der Waals surface area contributed by atoms with Crippen LogP contribution in [0.3, 0.4) is 0 Å². The van der Waals surface area contributed by atoms with Gasteiger partial charge >= 0.3 is 5.97 Å². The number of ether oxygens (including phenoxy) is 1. The molecule has 1 atom stereocenters. The number of esters is 1. The van der Waals surface area contributed by atoms with Crippen LogP contribution < -0.4 is 19.8 Å². The highest BCUT2D eigenvalue weighted by atomic mass is 32.1. The first-order chi connectivity index (χ1) is 16.2. The summed E-state index contributed by atoms with van der Waals surface area (Å²) in [4.78, 5) is 33.8. The van der Waals surface area contributed by atoms with Crippen molar-refractivity contribution in [1.29, 1.82) is 0 Å². The molecule has 1 aliphatic heterocycles. The average Bonchev–Trinajstić information content (AvgIpc) is 3.32. The molecule has 0 unspecified atom stereocenters. The van der Waals surface area contributed by atoms with Gasteiger partial charge in [0.25, 0.3) is 5.56 Å². The van der Waals surface area contributed by atoms with E-state index in [-0.39, 0.29) is 12.2 Å². The Morgan fingerprint density at radius 3 is 2.50 bits per heavy atom. The molecule has 0 saturated carbocycles. The maximum absolute atomic E-state index is 13.7. The number of fused-ring (bicyclic) bond motifs is 1. The van der Waals surface area contributed by atoms with Crippen LogP contribution in [0.15, 0.2) is 51.5 Å². The Bertz CT molecular complexity index is 1440. The lowest BCUT2D eigenvalue weighted by atomic mass is 9.95. The van der Waals surface area contributed by atoms with E-state index in [9.17, 15) is 9.59 Å². The van der Waals surface area contributed by atoms with Crippen LogP contribution in [-0.2, 0) is 16.1 Å². The zero-order valence-corrected chi connectivity index (χ0v) is 21.1. The second-order valence-electron chi connectivity index (χ2n) is 8.31. The average molecular weight is 480 g/mol. The lowest BCUT2D eigenvalue weighted by molar-refractivity contribution is -0.139. The summed E-state index contributed by atoms with van der Waals surface area (Å²) in [5.74, 6) is -0.459. The molecule has 0 radical (unpaired) electrons. The van der Waals surface area contributed by atoms with Gasteiger partial charge in [-0.25, -0.2) is 9.79 Å². The van der Waals surface area contributed by atoms with Crippen molar-refractivity contribution in [2.45, 2.75) is 40.3 Å². The molecule has 0 fully saturated rings. The lowest BCUT2D eigenvalue weighted by Gasteiger charge is -2.25. The highest BCUT2D eigenvalue weighted by molar-refractivity contribution is 7.07. The smallest absolute Gasteiger partial charge is 0.338 e. The number of benzene rings is 1. The second-order valence-corrected chi connectivity index (χ2v) is 9.32. The fourth-order valence-corrected chi connectivity index (χ4v) is 5.08. The van der Waals surface area contributed by atoms with Gasteiger partial charge in [-0.3, -0.25) is 14.0 Å². The van der Waals surface area contributed by atoms with E-state index in [4.69, 9.17) is 4.74 Å². The molecule has 0 spiro atoms. The van der Waals surface area contributed by atoms with Crippen LogP contribution in [0.1, 0.15) is 43.6 Å². The molecule has 0 saturated heterocycles. The number of aromatic nitrogens is 3. The van der Waals surface area contributed by atoms with E-state index in [1.165, 1.54) is 11.3 Å². The molecule has 0 amide bonds. The highest BCUT2D eigenvalue weighted by Crippen LogP contribution is 2.31. The Morgan fingerprint density at radius 2 is 1.91 bits per heavy atom. The molecule has 3 aromatic rings. The van der Waals surface area contributed by atoms with E-state index in [2.05, 4.69) is 10.1 Å². The monoisotopic (exact) mass is 479 g/mol. The van der Waals surface area contributed by atoms with Gasteiger partial charge in [0.15, 0.2) is 4.80 Å². The number of carbonyl (C=O) groups is 1. The molecule has 2 aromatic heterocycles. The third-order valence-corrected chi connectivity index (χ3v) is 6.82. The van der Waals surface area contributed by atoms with Crippen molar-refractivity contribution in [3.63, 3.8) is 0 Å². The van der Waals surface area contributed by atoms with Crippen LogP contribution >= 0.6 is 11.3 Å². The minimum atomic E-state index is -0.617. The van der Waals surface area contributed by atoms with Crippen molar-refractivity contribution in [2.75, 3.05) is 25.6 Å². The van der Waals surface area contributed by atoms with Crippen molar-refractivity contribution >= 4 is 29.1 Å². The number of carbonyl (C=O) groups excluding carboxylic acids is 1. The molecule has 0 aliphatic carbocycles. The fourth-order valence-electron chi connectivity index (χ4n) is 4.04. The van der Waals surface area contributed by atoms with Gasteiger partial charge in [-0.2, -0.15) is 5.10 Å². The molecule has 34 heavy (non-hydrogen) atoms. The number of nitrogens with zero attached hydrogens (tertiary/aromatic N) is 5. The summed E-state index contributed by atoms with van der Waals surface area (Å²) in [5, 5.41) is 4.47. The summed E-state index contributed by atoms with van der Waals surface area (Å²) in [6, 6.07) is 7.24. The number of hydrogen-bond donors (Lipinski definition) is 0. The molecule has 1 aliphatic rings. The van der Waals surface area contributed by atoms with Gasteiger partial charge in [0.1, 0.15) is 0 Å². The summed E-state index contributed by atoms with van der Waals surface area (Å²) in [6.07, 6.45) is 3.79. The van der Waals surface area contributed by atoms with Crippen LogP contribution in [0.25, 0.3) is 6.08 Å². The van der Waals surface area contributed by atoms with Crippen LogP contribution in [-0.4, -0.2) is 41.0 Å². The molecule has 9 heteroatoms. The first-order valence-electron chi connectivity index (χ1n) is 11.3. The number of thiazole rings is 1. The van der Waals surface area contributed by atoms with Crippen molar-refractivity contribution in [3.05, 3.63) is 78.2 Å². The van der Waals surface area contributed by atoms with Gasteiger partial charge in [0.05, 0.1) is 34.1 Å². The number of anilines is 1. The minimum absolute atomic E-state index is 0.191. The molecule has 3 heterocycles. The van der Waals surface area contributed by atoms with Gasteiger partial charge < -0.3 is 9.64 Å². The number of allylic oxidation sites excluding steroid dienone is 1. The van der Waals surface area contributed by atoms with E-state index in [1.807, 2.05) is 74.1 Å². The van der Waals surface area contributed by atoms with Crippen LogP contribution in [0.2, 0.25) is 0 Å². The molecule has 8 nitrogen and oxygen atoms in total. The standard InChI is InChI=1S/C25H29N5O3S/c1-7-29-14-18(15(3)27-29)13-20-23(31)30-22(17-9-11-19(12-10-17)28(5)6)21(24(32)33-8-2)16(4)26-25(30)34-20/h9-14,22H,7-8H2,1-6H3/t22-/m0/s1. The Kier molecular flexibility index (Phi) is 6.56. The normalized spacial score (nSPS) is 15.8. The van der Waals surface area contributed by atoms with Gasteiger partial charge in [0, 0.05) is 38.1 Å². The number of hydrogen-bond acceptors (Lipinski definition) is 7. The second kappa shape index (κ2) is 9.42. The van der Waals surface area contributed by atoms with Gasteiger partial charge in [-0.1, -0.05) is 23.5 Å². The van der Waals surface area contributed by atoms with Crippen LogP contribution in [0.5, 0.6) is 0 Å². The van der Waals surface area contributed by atoms with Crippen LogP contribution in [0.4, 0.5) is 5.69 Å². The van der Waals surface area contributed by atoms with Crippen molar-refractivity contribution in [2.24, 2.45) is 4.99 Å². The van der Waals surface area contributed by atoms with E-state index in [1.54, 1.807) is 18.4 Å². The summed E-state index contributed by atoms with van der Waals surface area (Å²) in [6.45, 7) is 8.50. The predicted molar refractivity (Wildman–Crippen MR) is 134 cm³/mol. The van der Waals surface area contributed by atoms with E-state index in [0.717, 1.165) is 29.1 Å². The third kappa shape index (κ3) is 4.23.